The van der Waals surface area contributed by atoms with Gasteiger partial charge >= 0.3 is 0 Å². The van der Waals surface area contributed by atoms with Gasteiger partial charge in [-0.25, -0.2) is 4.98 Å². The van der Waals surface area contributed by atoms with E-state index in [1.165, 1.54) is 28.0 Å². The number of carbonyl (C=O) groups is 1. The Bertz CT molecular complexity index is 992. The van der Waals surface area contributed by atoms with Crippen molar-refractivity contribution in [1.29, 1.82) is 0 Å². The molecular weight excluding hydrogens is 356 g/mol. The van der Waals surface area contributed by atoms with Crippen LogP contribution in [0, 0.1) is 13.8 Å². The number of amides is 1. The third kappa shape index (κ3) is 3.23. The van der Waals surface area contributed by atoms with E-state index in [4.69, 9.17) is 4.74 Å². The van der Waals surface area contributed by atoms with Gasteiger partial charge in [0.25, 0.3) is 5.91 Å². The van der Waals surface area contributed by atoms with Crippen molar-refractivity contribution in [2.24, 2.45) is 0 Å². The van der Waals surface area contributed by atoms with Crippen molar-refractivity contribution in [2.45, 2.75) is 26.7 Å². The topological polar surface area (TPSA) is 42.4 Å². The molecule has 0 bridgehead atoms. The lowest BCUT2D eigenvalue weighted by molar-refractivity contribution is 0.0980. The molecule has 0 aliphatic carbocycles. The van der Waals surface area contributed by atoms with E-state index in [2.05, 4.69) is 37.0 Å². The highest BCUT2D eigenvalue weighted by Gasteiger charge is 2.29. The smallest absolute Gasteiger partial charge is 0.277 e. The Morgan fingerprint density at radius 1 is 1.15 bits per heavy atom. The molecule has 0 atom stereocenters. The summed E-state index contributed by atoms with van der Waals surface area (Å²) in [6.07, 6.45) is 1.91. The number of anilines is 1. The summed E-state index contributed by atoms with van der Waals surface area (Å²) in [5.41, 5.74) is 6.03. The van der Waals surface area contributed by atoms with Crippen LogP contribution in [0.1, 0.15) is 33.6 Å². The predicted molar refractivity (Wildman–Crippen MR) is 110 cm³/mol. The normalized spacial score (nSPS) is 13.4. The molecule has 0 radical (unpaired) electrons. The van der Waals surface area contributed by atoms with Gasteiger partial charge in [-0.2, -0.15) is 0 Å². The maximum Gasteiger partial charge on any atom is 0.277 e. The van der Waals surface area contributed by atoms with Crippen molar-refractivity contribution in [3.05, 3.63) is 64.2 Å². The first-order valence-electron chi connectivity index (χ1n) is 9.09. The van der Waals surface area contributed by atoms with Gasteiger partial charge in [-0.05, 0) is 43.9 Å². The van der Waals surface area contributed by atoms with Gasteiger partial charge in [-0.3, -0.25) is 4.79 Å². The van der Waals surface area contributed by atoms with E-state index in [1.54, 1.807) is 7.11 Å². The summed E-state index contributed by atoms with van der Waals surface area (Å²) in [5, 5.41) is 2.72. The molecular formula is C22H22N2O2S. The van der Waals surface area contributed by atoms with Crippen LogP contribution in [0.3, 0.4) is 0 Å². The molecule has 0 saturated carbocycles. The lowest BCUT2D eigenvalue weighted by Gasteiger charge is -2.31. The van der Waals surface area contributed by atoms with Gasteiger partial charge in [0.05, 0.1) is 12.8 Å². The molecule has 4 nitrogen and oxygen atoms in total. The summed E-state index contributed by atoms with van der Waals surface area (Å²) < 4.78 is 5.56. The largest absolute Gasteiger partial charge is 0.495 e. The van der Waals surface area contributed by atoms with Crippen molar-refractivity contribution < 1.29 is 9.53 Å². The Labute approximate surface area is 163 Å². The standard InChI is InChI=1S/C22H22N2O2S/c1-14-6-9-16(10-7-14)21-23-18(13-27-21)22(25)24-12-4-5-17-15(2)8-11-19(26-3)20(17)24/h6-11,13H,4-5,12H2,1-3H3. The van der Waals surface area contributed by atoms with Crippen molar-refractivity contribution >= 4 is 22.9 Å². The van der Waals surface area contributed by atoms with Crippen LogP contribution >= 0.6 is 11.3 Å². The lowest BCUT2D eigenvalue weighted by atomic mass is 9.96. The number of ether oxygens (including phenoxy) is 1. The van der Waals surface area contributed by atoms with Crippen molar-refractivity contribution in [3.63, 3.8) is 0 Å². The van der Waals surface area contributed by atoms with E-state index in [0.29, 0.717) is 12.2 Å². The minimum Gasteiger partial charge on any atom is -0.495 e. The van der Waals surface area contributed by atoms with Gasteiger partial charge in [0.2, 0.25) is 0 Å². The molecule has 2 aromatic carbocycles. The summed E-state index contributed by atoms with van der Waals surface area (Å²) in [6.45, 7) is 4.83. The number of aryl methyl sites for hydroxylation is 2. The summed E-state index contributed by atoms with van der Waals surface area (Å²) in [5.74, 6) is 0.687. The molecule has 0 fully saturated rings. The Morgan fingerprint density at radius 3 is 2.67 bits per heavy atom. The molecule has 1 aliphatic rings. The van der Waals surface area contributed by atoms with Gasteiger partial charge in [0.15, 0.2) is 0 Å². The third-order valence-corrected chi connectivity index (χ3v) is 5.94. The van der Waals surface area contributed by atoms with E-state index in [0.717, 1.165) is 34.8 Å². The molecule has 1 aliphatic heterocycles. The number of carbonyl (C=O) groups excluding carboxylic acids is 1. The zero-order chi connectivity index (χ0) is 19.0. The van der Waals surface area contributed by atoms with Crippen LogP contribution < -0.4 is 9.64 Å². The summed E-state index contributed by atoms with van der Waals surface area (Å²) in [6, 6.07) is 12.2. The molecule has 5 heteroatoms. The van der Waals surface area contributed by atoms with Crippen LogP contribution in [0.2, 0.25) is 0 Å². The summed E-state index contributed by atoms with van der Waals surface area (Å²) in [7, 11) is 1.65. The molecule has 27 heavy (non-hydrogen) atoms. The SMILES string of the molecule is COc1ccc(C)c2c1N(C(=O)c1csc(-c3ccc(C)cc3)n1)CCC2. The number of benzene rings is 2. The number of hydrogen-bond donors (Lipinski definition) is 0. The van der Waals surface area contributed by atoms with Crippen LogP contribution in [0.25, 0.3) is 10.6 Å². The first-order valence-corrected chi connectivity index (χ1v) is 9.97. The fourth-order valence-corrected chi connectivity index (χ4v) is 4.36. The first kappa shape index (κ1) is 17.7. The van der Waals surface area contributed by atoms with Crippen molar-refractivity contribution in [1.82, 2.24) is 4.98 Å². The average molecular weight is 378 g/mol. The molecule has 1 aromatic heterocycles. The van der Waals surface area contributed by atoms with Gasteiger partial charge in [0.1, 0.15) is 16.5 Å². The molecule has 0 saturated heterocycles. The van der Waals surface area contributed by atoms with Crippen molar-refractivity contribution in [3.8, 4) is 16.3 Å². The minimum absolute atomic E-state index is 0.0607. The Kier molecular flexibility index (Phi) is 4.70. The highest BCUT2D eigenvalue weighted by atomic mass is 32.1. The van der Waals surface area contributed by atoms with E-state index in [1.807, 2.05) is 28.5 Å². The average Bonchev–Trinajstić information content (AvgIpc) is 3.18. The monoisotopic (exact) mass is 378 g/mol. The molecule has 4 rings (SSSR count). The molecule has 0 spiro atoms. The number of rotatable bonds is 3. The van der Waals surface area contributed by atoms with Crippen LogP contribution in [0.5, 0.6) is 5.75 Å². The predicted octanol–water partition coefficient (Wildman–Crippen LogP) is 5.03. The van der Waals surface area contributed by atoms with Crippen LogP contribution in [-0.2, 0) is 6.42 Å². The fourth-order valence-electron chi connectivity index (χ4n) is 3.56. The van der Waals surface area contributed by atoms with Crippen LogP contribution in [-0.4, -0.2) is 24.5 Å². The maximum absolute atomic E-state index is 13.3. The second kappa shape index (κ2) is 7.16. The first-order chi connectivity index (χ1) is 13.1. The molecule has 138 valence electrons. The van der Waals surface area contributed by atoms with E-state index >= 15 is 0 Å². The maximum atomic E-state index is 13.3. The molecule has 0 unspecified atom stereocenters. The van der Waals surface area contributed by atoms with Crippen molar-refractivity contribution in [2.75, 3.05) is 18.6 Å². The molecule has 1 amide bonds. The fraction of sp³-hybridized carbons (Fsp3) is 0.273. The zero-order valence-corrected chi connectivity index (χ0v) is 16.6. The minimum atomic E-state index is -0.0607. The highest BCUT2D eigenvalue weighted by Crippen LogP contribution is 2.39. The van der Waals surface area contributed by atoms with Gasteiger partial charge in [-0.1, -0.05) is 35.9 Å². The number of fused-ring (bicyclic) bond motifs is 1. The summed E-state index contributed by atoms with van der Waals surface area (Å²) in [4.78, 5) is 19.7. The highest BCUT2D eigenvalue weighted by molar-refractivity contribution is 7.13. The number of hydrogen-bond acceptors (Lipinski definition) is 4. The molecule has 3 aromatic rings. The van der Waals surface area contributed by atoms with E-state index in [-0.39, 0.29) is 5.91 Å². The third-order valence-electron chi connectivity index (χ3n) is 5.05. The second-order valence-corrected chi connectivity index (χ2v) is 7.73. The molecule has 2 heterocycles. The Morgan fingerprint density at radius 2 is 1.93 bits per heavy atom. The van der Waals surface area contributed by atoms with Gasteiger partial charge in [0, 0.05) is 17.5 Å². The van der Waals surface area contributed by atoms with E-state index in [9.17, 15) is 4.79 Å². The Hall–Kier alpha value is -2.66. The van der Waals surface area contributed by atoms with Crippen LogP contribution in [0.15, 0.2) is 41.8 Å². The van der Waals surface area contributed by atoms with E-state index < -0.39 is 0 Å². The quantitative estimate of drug-likeness (QED) is 0.642. The zero-order valence-electron chi connectivity index (χ0n) is 15.8. The molecule has 0 N–H and O–H groups in total. The number of thiazole rings is 1. The van der Waals surface area contributed by atoms with Crippen LogP contribution in [0.4, 0.5) is 5.69 Å². The second-order valence-electron chi connectivity index (χ2n) is 6.88. The Balaban J connectivity index is 1.69. The number of aromatic nitrogens is 1. The van der Waals surface area contributed by atoms with Gasteiger partial charge in [-0.15, -0.1) is 11.3 Å². The summed E-state index contributed by atoms with van der Waals surface area (Å²) >= 11 is 1.51. The lowest BCUT2D eigenvalue weighted by Crippen LogP contribution is -2.36. The number of methoxy groups -OCH3 is 1. The van der Waals surface area contributed by atoms with Gasteiger partial charge < -0.3 is 9.64 Å². The number of nitrogens with zero attached hydrogens (tertiary/aromatic N) is 2.